The zero-order valence-corrected chi connectivity index (χ0v) is 11.4. The lowest BCUT2D eigenvalue weighted by Crippen LogP contribution is -2.32. The maximum absolute atomic E-state index is 10.6. The normalized spacial score (nSPS) is 18.0. The molecule has 1 N–H and O–H groups in total. The summed E-state index contributed by atoms with van der Waals surface area (Å²) in [5.74, 6) is -0.712. The maximum atomic E-state index is 10.6. The van der Waals surface area contributed by atoms with Crippen LogP contribution in [-0.4, -0.2) is 40.9 Å². The minimum atomic E-state index is -0.712. The molecule has 98 valence electrons. The van der Waals surface area contributed by atoms with Gasteiger partial charge in [0.1, 0.15) is 0 Å². The van der Waals surface area contributed by atoms with Crippen molar-refractivity contribution >= 4 is 17.7 Å². The lowest BCUT2D eigenvalue weighted by molar-refractivity contribution is -0.137. The van der Waals surface area contributed by atoms with Crippen LogP contribution in [-0.2, 0) is 11.2 Å². The first-order chi connectivity index (χ1) is 8.69. The monoisotopic (exact) mass is 265 g/mol. The molecule has 1 atom stereocenters. The van der Waals surface area contributed by atoms with Crippen molar-refractivity contribution in [2.45, 2.75) is 29.9 Å². The van der Waals surface area contributed by atoms with E-state index in [1.807, 2.05) is 11.8 Å². The first-order valence-corrected chi connectivity index (χ1v) is 7.25. The zero-order valence-electron chi connectivity index (χ0n) is 10.6. The van der Waals surface area contributed by atoms with E-state index in [4.69, 9.17) is 5.11 Å². The van der Waals surface area contributed by atoms with Gasteiger partial charge in [-0.25, -0.2) is 0 Å². The number of benzene rings is 1. The van der Waals surface area contributed by atoms with Crippen molar-refractivity contribution in [1.29, 1.82) is 0 Å². The summed E-state index contributed by atoms with van der Waals surface area (Å²) in [4.78, 5) is 14.2. The smallest absolute Gasteiger partial charge is 0.304 e. The Kier molecular flexibility index (Phi) is 4.66. The van der Waals surface area contributed by atoms with E-state index < -0.39 is 5.97 Å². The van der Waals surface area contributed by atoms with E-state index in [9.17, 15) is 4.79 Å². The number of rotatable bonds is 6. The Labute approximate surface area is 112 Å². The Bertz CT molecular complexity index is 397. The molecule has 1 aliphatic heterocycles. The summed E-state index contributed by atoms with van der Waals surface area (Å²) in [6.45, 7) is 4.64. The molecule has 0 bridgehead atoms. The quantitative estimate of drug-likeness (QED) is 0.858. The molecule has 18 heavy (non-hydrogen) atoms. The highest BCUT2D eigenvalue weighted by molar-refractivity contribution is 8.00. The number of hydrogen-bond acceptors (Lipinski definition) is 3. The van der Waals surface area contributed by atoms with Gasteiger partial charge in [-0.2, -0.15) is 0 Å². The molecule has 1 unspecified atom stereocenters. The zero-order chi connectivity index (χ0) is 13.0. The number of carboxylic acid groups (broad SMARTS) is 1. The molecule has 0 saturated carbocycles. The van der Waals surface area contributed by atoms with Gasteiger partial charge < -0.3 is 10.0 Å². The predicted molar refractivity (Wildman–Crippen MR) is 74.2 cm³/mol. The number of carboxylic acids is 1. The average molecular weight is 265 g/mol. The van der Waals surface area contributed by atoms with Gasteiger partial charge in [0.25, 0.3) is 0 Å². The van der Waals surface area contributed by atoms with Crippen molar-refractivity contribution in [1.82, 2.24) is 4.90 Å². The van der Waals surface area contributed by atoms with Crippen LogP contribution >= 0.6 is 11.8 Å². The Morgan fingerprint density at radius 3 is 2.94 bits per heavy atom. The van der Waals surface area contributed by atoms with Crippen LogP contribution in [0.15, 0.2) is 29.2 Å². The third kappa shape index (κ3) is 3.50. The van der Waals surface area contributed by atoms with Crippen LogP contribution < -0.4 is 0 Å². The third-order valence-corrected chi connectivity index (χ3v) is 4.57. The van der Waals surface area contributed by atoms with Crippen molar-refractivity contribution in [3.8, 4) is 0 Å². The van der Waals surface area contributed by atoms with Gasteiger partial charge in [0.05, 0.1) is 6.42 Å². The Morgan fingerprint density at radius 2 is 2.28 bits per heavy atom. The van der Waals surface area contributed by atoms with Gasteiger partial charge in [0.15, 0.2) is 0 Å². The number of aliphatic carboxylic acids is 1. The second-order valence-corrected chi connectivity index (χ2v) is 5.93. The van der Waals surface area contributed by atoms with Gasteiger partial charge in [-0.15, -0.1) is 11.8 Å². The van der Waals surface area contributed by atoms with Crippen LogP contribution in [0.2, 0.25) is 0 Å². The van der Waals surface area contributed by atoms with Crippen molar-refractivity contribution in [2.24, 2.45) is 0 Å². The Morgan fingerprint density at radius 1 is 1.50 bits per heavy atom. The molecule has 0 aliphatic carbocycles. The molecule has 2 rings (SSSR count). The van der Waals surface area contributed by atoms with Gasteiger partial charge in [-0.3, -0.25) is 4.79 Å². The standard InChI is InChI=1S/C14H19NO2S/c1-2-15(8-7-14(16)17)10-12-9-11-5-3-4-6-13(11)18-12/h3-6,12H,2,7-10H2,1H3,(H,16,17). The van der Waals surface area contributed by atoms with E-state index >= 15 is 0 Å². The van der Waals surface area contributed by atoms with Crippen LogP contribution in [0.25, 0.3) is 0 Å². The molecule has 0 spiro atoms. The fraction of sp³-hybridized carbons (Fsp3) is 0.500. The highest BCUT2D eigenvalue weighted by Crippen LogP contribution is 2.36. The van der Waals surface area contributed by atoms with E-state index in [2.05, 4.69) is 36.1 Å². The lowest BCUT2D eigenvalue weighted by atomic mass is 10.1. The summed E-state index contributed by atoms with van der Waals surface area (Å²) in [6, 6.07) is 8.53. The molecule has 3 nitrogen and oxygen atoms in total. The molecular formula is C14H19NO2S. The summed E-state index contributed by atoms with van der Waals surface area (Å²) >= 11 is 1.93. The molecular weight excluding hydrogens is 246 g/mol. The summed E-state index contributed by atoms with van der Waals surface area (Å²) in [7, 11) is 0. The Balaban J connectivity index is 1.85. The van der Waals surface area contributed by atoms with Gasteiger partial charge in [-0.1, -0.05) is 25.1 Å². The largest absolute Gasteiger partial charge is 0.481 e. The highest BCUT2D eigenvalue weighted by Gasteiger charge is 2.23. The SMILES string of the molecule is CCN(CCC(=O)O)CC1Cc2ccccc2S1. The van der Waals surface area contributed by atoms with Crippen LogP contribution in [0.1, 0.15) is 18.9 Å². The molecule has 0 aromatic heterocycles. The lowest BCUT2D eigenvalue weighted by Gasteiger charge is -2.22. The summed E-state index contributed by atoms with van der Waals surface area (Å²) in [5.41, 5.74) is 1.43. The van der Waals surface area contributed by atoms with Crippen molar-refractivity contribution in [3.05, 3.63) is 29.8 Å². The van der Waals surface area contributed by atoms with E-state index in [1.165, 1.54) is 10.5 Å². The van der Waals surface area contributed by atoms with Crippen LogP contribution in [0.5, 0.6) is 0 Å². The van der Waals surface area contributed by atoms with Crippen LogP contribution in [0.4, 0.5) is 0 Å². The fourth-order valence-corrected chi connectivity index (χ4v) is 3.64. The molecule has 0 radical (unpaired) electrons. The number of fused-ring (bicyclic) bond motifs is 1. The average Bonchev–Trinajstić information content (AvgIpc) is 2.76. The van der Waals surface area contributed by atoms with Crippen molar-refractivity contribution < 1.29 is 9.90 Å². The molecule has 0 saturated heterocycles. The van der Waals surface area contributed by atoms with Gasteiger partial charge in [0, 0.05) is 23.2 Å². The minimum Gasteiger partial charge on any atom is -0.481 e. The van der Waals surface area contributed by atoms with Gasteiger partial charge in [0.2, 0.25) is 0 Å². The topological polar surface area (TPSA) is 40.5 Å². The van der Waals surface area contributed by atoms with Crippen LogP contribution in [0, 0.1) is 0 Å². The number of hydrogen-bond donors (Lipinski definition) is 1. The van der Waals surface area contributed by atoms with Crippen molar-refractivity contribution in [3.63, 3.8) is 0 Å². The molecule has 1 aromatic carbocycles. The molecule has 1 heterocycles. The summed E-state index contributed by atoms with van der Waals surface area (Å²) in [6.07, 6.45) is 1.34. The fourth-order valence-electron chi connectivity index (χ4n) is 2.28. The highest BCUT2D eigenvalue weighted by atomic mass is 32.2. The second-order valence-electron chi connectivity index (χ2n) is 4.59. The van der Waals surface area contributed by atoms with Crippen molar-refractivity contribution in [2.75, 3.05) is 19.6 Å². The summed E-state index contributed by atoms with van der Waals surface area (Å²) < 4.78 is 0. The molecule has 0 amide bonds. The molecule has 1 aliphatic rings. The predicted octanol–water partition coefficient (Wildman–Crippen LogP) is 2.50. The molecule has 4 heteroatoms. The molecule has 0 fully saturated rings. The number of thioether (sulfide) groups is 1. The van der Waals surface area contributed by atoms with E-state index in [0.717, 1.165) is 19.5 Å². The van der Waals surface area contributed by atoms with Gasteiger partial charge in [-0.05, 0) is 24.6 Å². The third-order valence-electron chi connectivity index (χ3n) is 3.26. The maximum Gasteiger partial charge on any atom is 0.304 e. The first kappa shape index (κ1) is 13.4. The van der Waals surface area contributed by atoms with Crippen LogP contribution in [0.3, 0.4) is 0 Å². The minimum absolute atomic E-state index is 0.234. The number of carbonyl (C=O) groups is 1. The number of nitrogens with zero attached hydrogens (tertiary/aromatic N) is 1. The van der Waals surface area contributed by atoms with E-state index in [1.54, 1.807) is 0 Å². The first-order valence-electron chi connectivity index (χ1n) is 6.37. The molecule has 1 aromatic rings. The Hall–Kier alpha value is -1.00. The van der Waals surface area contributed by atoms with E-state index in [0.29, 0.717) is 11.8 Å². The van der Waals surface area contributed by atoms with E-state index in [-0.39, 0.29) is 6.42 Å². The second kappa shape index (κ2) is 6.25. The summed E-state index contributed by atoms with van der Waals surface area (Å²) in [5, 5.41) is 9.29. The van der Waals surface area contributed by atoms with Gasteiger partial charge >= 0.3 is 5.97 Å².